The minimum atomic E-state index is 0.154. The number of benzene rings is 2. The fraction of sp³-hybridized carbons (Fsp3) is 0.440. The number of carbonyl (C=O) groups excluding carboxylic acids is 1. The SMILES string of the molecule is O=C(NCc1ccc(Cl)c(Nc2nc3ccc(N4CCOCC4)cc3[nH]2)c1)C1CCCCC1. The van der Waals surface area contributed by atoms with Gasteiger partial charge in [0.25, 0.3) is 0 Å². The molecule has 33 heavy (non-hydrogen) atoms. The average Bonchev–Trinajstić information content (AvgIpc) is 3.27. The van der Waals surface area contributed by atoms with Crippen molar-refractivity contribution in [3.8, 4) is 0 Å². The number of rotatable bonds is 6. The van der Waals surface area contributed by atoms with Crippen molar-refractivity contribution < 1.29 is 9.53 Å². The Labute approximate surface area is 198 Å². The molecule has 1 aromatic heterocycles. The second kappa shape index (κ2) is 10.0. The summed E-state index contributed by atoms with van der Waals surface area (Å²) < 4.78 is 5.45. The van der Waals surface area contributed by atoms with Gasteiger partial charge < -0.3 is 25.3 Å². The lowest BCUT2D eigenvalue weighted by atomic mass is 9.88. The van der Waals surface area contributed by atoms with E-state index in [0.717, 1.165) is 80.0 Å². The minimum absolute atomic E-state index is 0.154. The quantitative estimate of drug-likeness (QED) is 0.475. The Kier molecular flexibility index (Phi) is 6.69. The average molecular weight is 468 g/mol. The molecule has 1 saturated carbocycles. The van der Waals surface area contributed by atoms with Crippen LogP contribution in [0.15, 0.2) is 36.4 Å². The number of morpholine rings is 1. The molecule has 0 unspecified atom stereocenters. The molecule has 1 saturated heterocycles. The number of ether oxygens (including phenoxy) is 1. The molecule has 0 bridgehead atoms. The summed E-state index contributed by atoms with van der Waals surface area (Å²) in [5.74, 6) is 0.948. The summed E-state index contributed by atoms with van der Waals surface area (Å²) in [5, 5.41) is 7.00. The van der Waals surface area contributed by atoms with Crippen LogP contribution in [0.1, 0.15) is 37.7 Å². The molecular weight excluding hydrogens is 438 g/mol. The van der Waals surface area contributed by atoms with Gasteiger partial charge in [0.1, 0.15) is 0 Å². The van der Waals surface area contributed by atoms with E-state index in [0.29, 0.717) is 17.5 Å². The maximum absolute atomic E-state index is 12.5. The molecule has 3 N–H and O–H groups in total. The van der Waals surface area contributed by atoms with Gasteiger partial charge in [-0.1, -0.05) is 36.9 Å². The number of hydrogen-bond donors (Lipinski definition) is 3. The monoisotopic (exact) mass is 467 g/mol. The number of hydrogen-bond acceptors (Lipinski definition) is 5. The third-order valence-corrected chi connectivity index (χ3v) is 6.90. The minimum Gasteiger partial charge on any atom is -0.378 e. The highest BCUT2D eigenvalue weighted by Gasteiger charge is 2.20. The van der Waals surface area contributed by atoms with E-state index in [2.05, 4.69) is 37.6 Å². The molecule has 0 spiro atoms. The zero-order chi connectivity index (χ0) is 22.6. The Balaban J connectivity index is 1.26. The summed E-state index contributed by atoms with van der Waals surface area (Å²) in [6, 6.07) is 12.0. The van der Waals surface area contributed by atoms with Crippen LogP contribution in [-0.2, 0) is 16.1 Å². The molecule has 1 aliphatic carbocycles. The van der Waals surface area contributed by atoms with Crippen molar-refractivity contribution in [1.82, 2.24) is 15.3 Å². The van der Waals surface area contributed by atoms with E-state index in [1.54, 1.807) is 0 Å². The van der Waals surface area contributed by atoms with Gasteiger partial charge >= 0.3 is 0 Å². The Morgan fingerprint density at radius 3 is 2.76 bits per heavy atom. The molecule has 2 fully saturated rings. The molecule has 1 amide bonds. The van der Waals surface area contributed by atoms with E-state index < -0.39 is 0 Å². The smallest absolute Gasteiger partial charge is 0.223 e. The van der Waals surface area contributed by atoms with Crippen molar-refractivity contribution in [1.29, 1.82) is 0 Å². The maximum Gasteiger partial charge on any atom is 0.223 e. The first-order valence-corrected chi connectivity index (χ1v) is 12.2. The van der Waals surface area contributed by atoms with E-state index in [9.17, 15) is 4.79 Å². The summed E-state index contributed by atoms with van der Waals surface area (Å²) in [5.41, 5.74) is 4.77. The van der Waals surface area contributed by atoms with Crippen LogP contribution in [0.2, 0.25) is 5.02 Å². The van der Waals surface area contributed by atoms with Crippen LogP contribution < -0.4 is 15.5 Å². The van der Waals surface area contributed by atoms with E-state index in [4.69, 9.17) is 16.3 Å². The summed E-state index contributed by atoms with van der Waals surface area (Å²) in [6.07, 6.45) is 5.54. The predicted molar refractivity (Wildman–Crippen MR) is 132 cm³/mol. The van der Waals surface area contributed by atoms with Gasteiger partial charge in [-0.25, -0.2) is 4.98 Å². The van der Waals surface area contributed by atoms with Crippen LogP contribution in [0, 0.1) is 5.92 Å². The maximum atomic E-state index is 12.5. The van der Waals surface area contributed by atoms with Gasteiger partial charge in [0.2, 0.25) is 11.9 Å². The van der Waals surface area contributed by atoms with Gasteiger partial charge in [-0.2, -0.15) is 0 Å². The Hall–Kier alpha value is -2.77. The summed E-state index contributed by atoms with van der Waals surface area (Å²) in [4.78, 5) is 22.8. The number of halogens is 1. The molecule has 7 nitrogen and oxygen atoms in total. The van der Waals surface area contributed by atoms with Gasteiger partial charge in [0.15, 0.2) is 0 Å². The van der Waals surface area contributed by atoms with Crippen LogP contribution in [0.5, 0.6) is 0 Å². The molecule has 5 rings (SSSR count). The van der Waals surface area contributed by atoms with Crippen LogP contribution in [0.4, 0.5) is 17.3 Å². The van der Waals surface area contributed by atoms with Gasteiger partial charge in [-0.3, -0.25) is 4.79 Å². The number of amides is 1. The first-order chi connectivity index (χ1) is 16.2. The Bertz CT molecular complexity index is 1120. The lowest BCUT2D eigenvalue weighted by Crippen LogP contribution is -2.36. The van der Waals surface area contributed by atoms with Crippen LogP contribution in [0.3, 0.4) is 0 Å². The first-order valence-electron chi connectivity index (χ1n) is 11.8. The highest BCUT2D eigenvalue weighted by atomic mass is 35.5. The van der Waals surface area contributed by atoms with Crippen molar-refractivity contribution in [2.75, 3.05) is 36.5 Å². The molecule has 2 aliphatic rings. The Morgan fingerprint density at radius 1 is 1.12 bits per heavy atom. The summed E-state index contributed by atoms with van der Waals surface area (Å²) in [6.45, 7) is 3.78. The second-order valence-electron chi connectivity index (χ2n) is 8.88. The van der Waals surface area contributed by atoms with Crippen LogP contribution in [0.25, 0.3) is 11.0 Å². The number of anilines is 3. The number of H-pyrrole nitrogens is 1. The summed E-state index contributed by atoms with van der Waals surface area (Å²) >= 11 is 6.45. The number of aromatic amines is 1. The van der Waals surface area contributed by atoms with Crippen molar-refractivity contribution in [2.24, 2.45) is 5.92 Å². The standard InChI is InChI=1S/C25H30ClN5O2/c26-20-8-6-17(16-27-24(32)18-4-2-1-3-5-18)14-22(20)29-25-28-21-9-7-19(15-23(21)30-25)31-10-12-33-13-11-31/h6-9,14-15,18H,1-5,10-13,16H2,(H,27,32)(H2,28,29,30). The van der Waals surface area contributed by atoms with E-state index in [-0.39, 0.29) is 11.8 Å². The number of imidazole rings is 1. The molecule has 0 atom stereocenters. The van der Waals surface area contributed by atoms with Crippen molar-refractivity contribution >= 4 is 45.9 Å². The van der Waals surface area contributed by atoms with E-state index in [1.807, 2.05) is 24.3 Å². The molecule has 174 valence electrons. The third-order valence-electron chi connectivity index (χ3n) is 6.57. The molecule has 8 heteroatoms. The van der Waals surface area contributed by atoms with E-state index in [1.165, 1.54) is 6.42 Å². The van der Waals surface area contributed by atoms with Crippen molar-refractivity contribution in [2.45, 2.75) is 38.6 Å². The van der Waals surface area contributed by atoms with Crippen molar-refractivity contribution in [3.63, 3.8) is 0 Å². The molecule has 2 aromatic carbocycles. The molecule has 3 aromatic rings. The molecular formula is C25H30ClN5O2. The van der Waals surface area contributed by atoms with Crippen LogP contribution in [-0.4, -0.2) is 42.2 Å². The predicted octanol–water partition coefficient (Wildman–Crippen LogP) is 4.99. The second-order valence-corrected chi connectivity index (χ2v) is 9.29. The van der Waals surface area contributed by atoms with Crippen molar-refractivity contribution in [3.05, 3.63) is 47.0 Å². The number of nitrogens with one attached hydrogen (secondary N) is 3. The van der Waals surface area contributed by atoms with E-state index >= 15 is 0 Å². The zero-order valence-electron chi connectivity index (χ0n) is 18.7. The fourth-order valence-corrected chi connectivity index (χ4v) is 4.84. The number of nitrogens with zero attached hydrogens (tertiary/aromatic N) is 2. The van der Waals surface area contributed by atoms with Gasteiger partial charge in [-0.15, -0.1) is 0 Å². The largest absolute Gasteiger partial charge is 0.378 e. The van der Waals surface area contributed by atoms with Crippen LogP contribution >= 0.6 is 11.6 Å². The Morgan fingerprint density at radius 2 is 1.94 bits per heavy atom. The third kappa shape index (κ3) is 5.25. The number of carbonyl (C=O) groups is 1. The van der Waals surface area contributed by atoms with Gasteiger partial charge in [0, 0.05) is 31.2 Å². The van der Waals surface area contributed by atoms with Gasteiger partial charge in [0.05, 0.1) is 35.0 Å². The molecule has 1 aliphatic heterocycles. The lowest BCUT2D eigenvalue weighted by Gasteiger charge is -2.28. The van der Waals surface area contributed by atoms with Gasteiger partial charge in [-0.05, 0) is 48.7 Å². The summed E-state index contributed by atoms with van der Waals surface area (Å²) in [7, 11) is 0. The molecule has 2 heterocycles. The lowest BCUT2D eigenvalue weighted by molar-refractivity contribution is -0.126. The highest BCUT2D eigenvalue weighted by molar-refractivity contribution is 6.33. The fourth-order valence-electron chi connectivity index (χ4n) is 4.68. The topological polar surface area (TPSA) is 82.3 Å². The first kappa shape index (κ1) is 22.0. The number of fused-ring (bicyclic) bond motifs is 1. The normalized spacial score (nSPS) is 17.3. The zero-order valence-corrected chi connectivity index (χ0v) is 19.5. The number of aromatic nitrogens is 2. The highest BCUT2D eigenvalue weighted by Crippen LogP contribution is 2.29. The molecule has 0 radical (unpaired) electrons.